The molecular formula is C6H5IN2O2. The van der Waals surface area contributed by atoms with Gasteiger partial charge in [-0.2, -0.15) is 0 Å². The molecule has 0 atom stereocenters. The molecule has 0 bridgehead atoms. The van der Waals surface area contributed by atoms with E-state index in [0.29, 0.717) is 3.57 Å². The molecular weight excluding hydrogens is 259 g/mol. The van der Waals surface area contributed by atoms with E-state index in [1.165, 1.54) is 6.20 Å². The van der Waals surface area contributed by atoms with Crippen molar-refractivity contribution < 1.29 is 4.92 Å². The van der Waals surface area contributed by atoms with Crippen molar-refractivity contribution in [1.82, 2.24) is 4.98 Å². The molecule has 1 aromatic rings. The lowest BCUT2D eigenvalue weighted by Crippen LogP contribution is -1.95. The average molecular weight is 264 g/mol. The van der Waals surface area contributed by atoms with Crippen molar-refractivity contribution in [3.8, 4) is 0 Å². The number of nitrogens with zero attached hydrogens (tertiary/aromatic N) is 2. The van der Waals surface area contributed by atoms with E-state index in [4.69, 9.17) is 0 Å². The Kier molecular flexibility index (Phi) is 2.38. The molecule has 0 unspecified atom stereocenters. The van der Waals surface area contributed by atoms with Crippen LogP contribution in [-0.2, 0) is 0 Å². The van der Waals surface area contributed by atoms with Crippen molar-refractivity contribution in [2.24, 2.45) is 0 Å². The Bertz CT molecular complexity index is 301. The van der Waals surface area contributed by atoms with Crippen molar-refractivity contribution in [3.63, 3.8) is 0 Å². The number of hydrogen-bond donors (Lipinski definition) is 0. The summed E-state index contributed by atoms with van der Waals surface area (Å²) in [7, 11) is 0. The number of rotatable bonds is 1. The van der Waals surface area contributed by atoms with Gasteiger partial charge in [-0.25, -0.2) is 0 Å². The maximum Gasteiger partial charge on any atom is 0.376 e. The largest absolute Gasteiger partial charge is 0.376 e. The second-order valence-corrected chi connectivity index (χ2v) is 3.24. The van der Waals surface area contributed by atoms with Crippen LogP contribution in [0.2, 0.25) is 0 Å². The van der Waals surface area contributed by atoms with E-state index in [1.54, 1.807) is 6.07 Å². The van der Waals surface area contributed by atoms with Crippen LogP contribution in [0.1, 0.15) is 5.56 Å². The zero-order valence-electron chi connectivity index (χ0n) is 5.74. The van der Waals surface area contributed by atoms with Gasteiger partial charge in [-0.1, -0.05) is 0 Å². The van der Waals surface area contributed by atoms with Crippen LogP contribution >= 0.6 is 22.6 Å². The fourth-order valence-corrected chi connectivity index (χ4v) is 1.49. The molecule has 0 N–H and O–H groups in total. The highest BCUT2D eigenvalue weighted by atomic mass is 127. The minimum Gasteiger partial charge on any atom is -0.358 e. The maximum absolute atomic E-state index is 10.3. The molecule has 1 rings (SSSR count). The van der Waals surface area contributed by atoms with Crippen molar-refractivity contribution in [2.45, 2.75) is 6.92 Å². The molecule has 0 fully saturated rings. The van der Waals surface area contributed by atoms with Gasteiger partial charge in [0, 0.05) is 0 Å². The van der Waals surface area contributed by atoms with Crippen LogP contribution in [0.15, 0.2) is 12.3 Å². The number of aromatic nitrogens is 1. The van der Waals surface area contributed by atoms with Crippen LogP contribution in [0.5, 0.6) is 0 Å². The van der Waals surface area contributed by atoms with E-state index in [2.05, 4.69) is 4.98 Å². The Morgan fingerprint density at radius 3 is 2.82 bits per heavy atom. The zero-order valence-corrected chi connectivity index (χ0v) is 7.90. The molecule has 0 radical (unpaired) electrons. The average Bonchev–Trinajstić information content (AvgIpc) is 1.85. The van der Waals surface area contributed by atoms with Crippen LogP contribution in [0.4, 0.5) is 5.82 Å². The quantitative estimate of drug-likeness (QED) is 0.442. The molecule has 0 saturated carbocycles. The van der Waals surface area contributed by atoms with Gasteiger partial charge in [-0.05, 0) is 51.1 Å². The Labute approximate surface area is 76.9 Å². The highest BCUT2D eigenvalue weighted by Crippen LogP contribution is 2.17. The maximum atomic E-state index is 10.3. The number of halogens is 1. The smallest absolute Gasteiger partial charge is 0.358 e. The molecule has 0 aliphatic heterocycles. The van der Waals surface area contributed by atoms with Gasteiger partial charge < -0.3 is 10.1 Å². The second kappa shape index (κ2) is 3.12. The standard InChI is InChI=1S/C6H5IN2O2/c1-4-2-5(7)6(8-3-4)9(10)11/h2-3H,1H3. The molecule has 11 heavy (non-hydrogen) atoms. The summed E-state index contributed by atoms with van der Waals surface area (Å²) < 4.78 is 0.576. The summed E-state index contributed by atoms with van der Waals surface area (Å²) in [6.07, 6.45) is 1.49. The lowest BCUT2D eigenvalue weighted by atomic mass is 10.3. The molecule has 58 valence electrons. The first-order valence-corrected chi connectivity index (χ1v) is 3.95. The summed E-state index contributed by atoms with van der Waals surface area (Å²) in [6, 6.07) is 1.73. The SMILES string of the molecule is Cc1cnc([N+](=O)[O-])c(I)c1. The fraction of sp³-hybridized carbons (Fsp3) is 0.167. The van der Waals surface area contributed by atoms with Gasteiger partial charge in [0.05, 0.1) is 0 Å². The molecule has 5 heteroatoms. The van der Waals surface area contributed by atoms with E-state index in [0.717, 1.165) is 5.56 Å². The summed E-state index contributed by atoms with van der Waals surface area (Å²) >= 11 is 1.90. The third kappa shape index (κ3) is 1.86. The predicted octanol–water partition coefficient (Wildman–Crippen LogP) is 1.90. The van der Waals surface area contributed by atoms with E-state index in [1.807, 2.05) is 29.5 Å². The van der Waals surface area contributed by atoms with Crippen molar-refractivity contribution in [1.29, 1.82) is 0 Å². The Morgan fingerprint density at radius 1 is 1.73 bits per heavy atom. The van der Waals surface area contributed by atoms with E-state index in [-0.39, 0.29) is 5.82 Å². The molecule has 1 aromatic heterocycles. The minimum absolute atomic E-state index is 0.0730. The molecule has 0 aromatic carbocycles. The van der Waals surface area contributed by atoms with Crippen LogP contribution < -0.4 is 0 Å². The van der Waals surface area contributed by atoms with Gasteiger partial charge >= 0.3 is 5.82 Å². The minimum atomic E-state index is -0.485. The third-order valence-electron chi connectivity index (χ3n) is 1.13. The lowest BCUT2D eigenvalue weighted by molar-refractivity contribution is -0.390. The van der Waals surface area contributed by atoms with Crippen molar-refractivity contribution in [3.05, 3.63) is 31.5 Å². The normalized spacial score (nSPS) is 9.64. The van der Waals surface area contributed by atoms with Crippen LogP contribution in [-0.4, -0.2) is 9.91 Å². The predicted molar refractivity (Wildman–Crippen MR) is 48.3 cm³/mol. The molecule has 4 nitrogen and oxygen atoms in total. The molecule has 0 spiro atoms. The van der Waals surface area contributed by atoms with Gasteiger partial charge in [0.1, 0.15) is 9.77 Å². The third-order valence-corrected chi connectivity index (χ3v) is 1.93. The number of nitro groups is 1. The summed E-state index contributed by atoms with van der Waals surface area (Å²) in [5, 5.41) is 10.3. The lowest BCUT2D eigenvalue weighted by Gasteiger charge is -1.94. The van der Waals surface area contributed by atoms with Crippen LogP contribution in [0.3, 0.4) is 0 Å². The number of aryl methyl sites for hydroxylation is 1. The van der Waals surface area contributed by atoms with E-state index < -0.39 is 4.92 Å². The Hall–Kier alpha value is -0.720. The first-order chi connectivity index (χ1) is 5.11. The Morgan fingerprint density at radius 2 is 2.36 bits per heavy atom. The van der Waals surface area contributed by atoms with Gasteiger partial charge in [0.15, 0.2) is 0 Å². The topological polar surface area (TPSA) is 56.0 Å². The fourth-order valence-electron chi connectivity index (χ4n) is 0.661. The van der Waals surface area contributed by atoms with Gasteiger partial charge in [0.25, 0.3) is 0 Å². The van der Waals surface area contributed by atoms with Crippen LogP contribution in [0.25, 0.3) is 0 Å². The highest BCUT2D eigenvalue weighted by Gasteiger charge is 2.11. The molecule has 0 aliphatic rings. The first-order valence-electron chi connectivity index (χ1n) is 2.88. The van der Waals surface area contributed by atoms with Crippen LogP contribution in [0, 0.1) is 20.6 Å². The molecule has 1 heterocycles. The Balaban J connectivity index is 3.20. The number of hydrogen-bond acceptors (Lipinski definition) is 3. The first kappa shape index (κ1) is 8.38. The molecule has 0 saturated heterocycles. The summed E-state index contributed by atoms with van der Waals surface area (Å²) in [5.74, 6) is -0.0730. The summed E-state index contributed by atoms with van der Waals surface area (Å²) in [5.41, 5.74) is 0.931. The van der Waals surface area contributed by atoms with E-state index in [9.17, 15) is 10.1 Å². The van der Waals surface area contributed by atoms with Gasteiger partial charge in [-0.15, -0.1) is 0 Å². The molecule has 0 aliphatic carbocycles. The zero-order chi connectivity index (χ0) is 8.43. The summed E-state index contributed by atoms with van der Waals surface area (Å²) in [4.78, 5) is 13.5. The van der Waals surface area contributed by atoms with Gasteiger partial charge in [-0.3, -0.25) is 0 Å². The van der Waals surface area contributed by atoms with Crippen molar-refractivity contribution in [2.75, 3.05) is 0 Å². The monoisotopic (exact) mass is 264 g/mol. The second-order valence-electron chi connectivity index (χ2n) is 2.08. The van der Waals surface area contributed by atoms with Crippen molar-refractivity contribution >= 4 is 28.4 Å². The number of pyridine rings is 1. The van der Waals surface area contributed by atoms with E-state index >= 15 is 0 Å². The summed E-state index contributed by atoms with van der Waals surface area (Å²) in [6.45, 7) is 1.85. The highest BCUT2D eigenvalue weighted by molar-refractivity contribution is 14.1. The molecule has 0 amide bonds. The van der Waals surface area contributed by atoms with Gasteiger partial charge in [0.2, 0.25) is 0 Å².